The largest absolute Gasteiger partial charge is 0.387 e. The zero-order valence-corrected chi connectivity index (χ0v) is 11.2. The monoisotopic (exact) mass is 294 g/mol. The van der Waals surface area contributed by atoms with Crippen LogP contribution in [-0.4, -0.2) is 14.7 Å². The highest BCUT2D eigenvalue weighted by Crippen LogP contribution is 2.27. The van der Waals surface area contributed by atoms with Crippen LogP contribution in [0.15, 0.2) is 41.8 Å². The van der Waals surface area contributed by atoms with E-state index >= 15 is 0 Å². The van der Waals surface area contributed by atoms with Crippen molar-refractivity contribution in [2.45, 2.75) is 19.1 Å². The van der Waals surface area contributed by atoms with Crippen LogP contribution in [0.4, 0.5) is 8.78 Å². The Hall–Kier alpha value is -1.79. The molecular weight excluding hydrogens is 282 g/mol. The maximum Gasteiger partial charge on any atom is 0.320 e. The number of hydrogen-bond donors (Lipinski definition) is 1. The van der Waals surface area contributed by atoms with Gasteiger partial charge in [0.2, 0.25) is 0 Å². The van der Waals surface area contributed by atoms with E-state index in [1.807, 2.05) is 11.4 Å². The van der Waals surface area contributed by atoms with Crippen molar-refractivity contribution in [3.8, 4) is 0 Å². The summed E-state index contributed by atoms with van der Waals surface area (Å²) in [6.07, 6.45) is -0.746. The van der Waals surface area contributed by atoms with E-state index in [-0.39, 0.29) is 12.2 Å². The summed E-state index contributed by atoms with van der Waals surface area (Å²) in [5, 5.41) is 11.9. The van der Waals surface area contributed by atoms with Gasteiger partial charge in [0.15, 0.2) is 0 Å². The van der Waals surface area contributed by atoms with Gasteiger partial charge in [0.25, 0.3) is 0 Å². The maximum atomic E-state index is 13.2. The smallest absolute Gasteiger partial charge is 0.320 e. The van der Waals surface area contributed by atoms with Crippen LogP contribution in [0.25, 0.3) is 11.0 Å². The summed E-state index contributed by atoms with van der Waals surface area (Å²) >= 11 is 1.40. The SMILES string of the molecule is OC(Cc1nc2ccccc2n1C(F)F)c1cccs1. The number of nitrogens with zero attached hydrogens (tertiary/aromatic N) is 2. The van der Waals surface area contributed by atoms with Crippen LogP contribution in [0.1, 0.15) is 23.4 Å². The lowest BCUT2D eigenvalue weighted by Crippen LogP contribution is -2.09. The van der Waals surface area contributed by atoms with E-state index in [1.165, 1.54) is 11.3 Å². The molecule has 1 aromatic carbocycles. The highest BCUT2D eigenvalue weighted by atomic mass is 32.1. The third-order valence-corrected chi connectivity index (χ3v) is 4.09. The standard InChI is InChI=1S/C14H12F2N2OS/c15-14(16)18-10-5-2-1-4-9(10)17-13(18)8-11(19)12-6-3-7-20-12/h1-7,11,14,19H,8H2. The van der Waals surface area contributed by atoms with Gasteiger partial charge in [-0.2, -0.15) is 8.78 Å². The number of fused-ring (bicyclic) bond motifs is 1. The van der Waals surface area contributed by atoms with Gasteiger partial charge in [-0.25, -0.2) is 4.98 Å². The molecule has 0 spiro atoms. The fourth-order valence-corrected chi connectivity index (χ4v) is 2.92. The van der Waals surface area contributed by atoms with Gasteiger partial charge in [0, 0.05) is 11.3 Å². The first kappa shape index (κ1) is 13.2. The van der Waals surface area contributed by atoms with Crippen molar-refractivity contribution in [1.29, 1.82) is 0 Å². The van der Waals surface area contributed by atoms with Crippen LogP contribution in [0, 0.1) is 0 Å². The zero-order valence-electron chi connectivity index (χ0n) is 10.4. The normalized spacial score (nSPS) is 13.2. The number of halogens is 2. The number of benzene rings is 1. The van der Waals surface area contributed by atoms with Crippen molar-refractivity contribution in [1.82, 2.24) is 9.55 Å². The van der Waals surface area contributed by atoms with Crippen molar-refractivity contribution in [3.05, 3.63) is 52.5 Å². The second-order valence-corrected chi connectivity index (χ2v) is 5.38. The molecule has 104 valence electrons. The molecule has 0 saturated carbocycles. The quantitative estimate of drug-likeness (QED) is 0.795. The Labute approximate surface area is 118 Å². The molecule has 2 aromatic heterocycles. The summed E-state index contributed by atoms with van der Waals surface area (Å²) in [6.45, 7) is -2.67. The van der Waals surface area contributed by atoms with Crippen molar-refractivity contribution >= 4 is 22.4 Å². The Kier molecular flexibility index (Phi) is 3.50. The number of rotatable bonds is 4. The molecule has 2 heterocycles. The summed E-state index contributed by atoms with van der Waals surface area (Å²) in [6, 6.07) is 10.3. The Morgan fingerprint density at radius 1 is 1.20 bits per heavy atom. The van der Waals surface area contributed by atoms with Crippen molar-refractivity contribution in [2.75, 3.05) is 0 Å². The molecule has 1 unspecified atom stereocenters. The van der Waals surface area contributed by atoms with E-state index in [2.05, 4.69) is 4.98 Å². The summed E-state index contributed by atoms with van der Waals surface area (Å²) in [5.74, 6) is 0.196. The van der Waals surface area contributed by atoms with Gasteiger partial charge < -0.3 is 5.11 Å². The fourth-order valence-electron chi connectivity index (χ4n) is 2.21. The highest BCUT2D eigenvalue weighted by Gasteiger charge is 2.20. The number of alkyl halides is 2. The molecule has 0 aliphatic carbocycles. The molecular formula is C14H12F2N2OS. The van der Waals surface area contributed by atoms with Crippen molar-refractivity contribution in [2.24, 2.45) is 0 Å². The Balaban J connectivity index is 2.00. The summed E-state index contributed by atoms with van der Waals surface area (Å²) in [4.78, 5) is 4.96. The van der Waals surface area contributed by atoms with Gasteiger partial charge in [-0.05, 0) is 23.6 Å². The molecule has 0 aliphatic heterocycles. The van der Waals surface area contributed by atoms with E-state index in [0.717, 1.165) is 9.44 Å². The molecule has 3 nitrogen and oxygen atoms in total. The second kappa shape index (κ2) is 5.30. The fraction of sp³-hybridized carbons (Fsp3) is 0.214. The van der Waals surface area contributed by atoms with Gasteiger partial charge in [0.05, 0.1) is 17.1 Å². The lowest BCUT2D eigenvalue weighted by atomic mass is 10.2. The predicted octanol–water partition coefficient (Wildman–Crippen LogP) is 3.77. The molecule has 0 fully saturated rings. The third kappa shape index (κ3) is 2.32. The lowest BCUT2D eigenvalue weighted by molar-refractivity contribution is 0.0686. The maximum absolute atomic E-state index is 13.2. The highest BCUT2D eigenvalue weighted by molar-refractivity contribution is 7.10. The Bertz CT molecular complexity index is 709. The minimum absolute atomic E-state index is 0.0690. The molecule has 3 aromatic rings. The number of aliphatic hydroxyl groups is 1. The number of thiophene rings is 1. The van der Waals surface area contributed by atoms with Crippen LogP contribution < -0.4 is 0 Å². The number of aliphatic hydroxyl groups excluding tert-OH is 1. The molecule has 20 heavy (non-hydrogen) atoms. The molecule has 3 rings (SSSR count). The molecule has 0 saturated heterocycles. The third-order valence-electron chi connectivity index (χ3n) is 3.11. The van der Waals surface area contributed by atoms with Gasteiger partial charge in [-0.1, -0.05) is 18.2 Å². The summed E-state index contributed by atoms with van der Waals surface area (Å²) in [5.41, 5.74) is 0.900. The number of aromatic nitrogens is 2. The van der Waals surface area contributed by atoms with E-state index in [4.69, 9.17) is 0 Å². The minimum atomic E-state index is -2.67. The first-order valence-electron chi connectivity index (χ1n) is 6.12. The molecule has 0 aliphatic rings. The molecule has 6 heteroatoms. The van der Waals surface area contributed by atoms with Crippen LogP contribution in [0.5, 0.6) is 0 Å². The average molecular weight is 294 g/mol. The van der Waals surface area contributed by atoms with E-state index in [0.29, 0.717) is 11.0 Å². The molecule has 0 radical (unpaired) electrons. The van der Waals surface area contributed by atoms with Crippen LogP contribution in [-0.2, 0) is 6.42 Å². The van der Waals surface area contributed by atoms with Gasteiger partial charge in [-0.15, -0.1) is 11.3 Å². The van der Waals surface area contributed by atoms with Gasteiger partial charge >= 0.3 is 6.55 Å². The Morgan fingerprint density at radius 3 is 2.70 bits per heavy atom. The Morgan fingerprint density at radius 2 is 2.00 bits per heavy atom. The van der Waals surface area contributed by atoms with Crippen LogP contribution in [0.2, 0.25) is 0 Å². The molecule has 0 bridgehead atoms. The minimum Gasteiger partial charge on any atom is -0.387 e. The second-order valence-electron chi connectivity index (χ2n) is 4.40. The van der Waals surface area contributed by atoms with Crippen molar-refractivity contribution in [3.63, 3.8) is 0 Å². The average Bonchev–Trinajstić information content (AvgIpc) is 3.05. The first-order chi connectivity index (χ1) is 9.66. The van der Waals surface area contributed by atoms with E-state index in [9.17, 15) is 13.9 Å². The summed E-state index contributed by atoms with van der Waals surface area (Å²) in [7, 11) is 0. The van der Waals surface area contributed by atoms with E-state index < -0.39 is 12.7 Å². The van der Waals surface area contributed by atoms with Crippen molar-refractivity contribution < 1.29 is 13.9 Å². The topological polar surface area (TPSA) is 38.1 Å². The molecule has 1 atom stereocenters. The number of para-hydroxylation sites is 2. The lowest BCUT2D eigenvalue weighted by Gasteiger charge is -2.11. The molecule has 0 amide bonds. The molecule has 1 N–H and O–H groups in total. The van der Waals surface area contributed by atoms with E-state index in [1.54, 1.807) is 30.3 Å². The number of imidazole rings is 1. The van der Waals surface area contributed by atoms with Gasteiger partial charge in [0.1, 0.15) is 5.82 Å². The first-order valence-corrected chi connectivity index (χ1v) is 7.00. The predicted molar refractivity (Wildman–Crippen MR) is 74.0 cm³/mol. The van der Waals surface area contributed by atoms with Crippen LogP contribution in [0.3, 0.4) is 0 Å². The van der Waals surface area contributed by atoms with Crippen LogP contribution >= 0.6 is 11.3 Å². The number of hydrogen-bond acceptors (Lipinski definition) is 3. The zero-order chi connectivity index (χ0) is 14.1. The van der Waals surface area contributed by atoms with Gasteiger partial charge in [-0.3, -0.25) is 4.57 Å². The summed E-state index contributed by atoms with van der Waals surface area (Å²) < 4.78 is 27.3.